The lowest BCUT2D eigenvalue weighted by Gasteiger charge is -2.44. The van der Waals surface area contributed by atoms with Gasteiger partial charge in [0, 0.05) is 5.92 Å². The highest BCUT2D eigenvalue weighted by molar-refractivity contribution is 5.36. The van der Waals surface area contributed by atoms with E-state index in [2.05, 4.69) is 52.0 Å². The first kappa shape index (κ1) is 15.6. The molecular weight excluding hydrogens is 244 g/mol. The predicted octanol–water partition coefficient (Wildman–Crippen LogP) is 5.07. The van der Waals surface area contributed by atoms with Crippen molar-refractivity contribution in [3.63, 3.8) is 0 Å². The Morgan fingerprint density at radius 2 is 1.95 bits per heavy atom. The number of benzene rings is 1. The molecule has 0 bridgehead atoms. The van der Waals surface area contributed by atoms with Crippen LogP contribution >= 0.6 is 0 Å². The van der Waals surface area contributed by atoms with Crippen LogP contribution in [0, 0.1) is 5.41 Å². The third-order valence-electron chi connectivity index (χ3n) is 5.20. The van der Waals surface area contributed by atoms with Crippen molar-refractivity contribution >= 4 is 0 Å². The van der Waals surface area contributed by atoms with Crippen LogP contribution in [0.15, 0.2) is 24.3 Å². The molecular formula is C19H30O. The summed E-state index contributed by atoms with van der Waals surface area (Å²) in [5.41, 5.74) is 2.63. The molecule has 1 aliphatic carbocycles. The molecule has 0 heterocycles. The molecule has 2 atom stereocenters. The standard InChI is InChI=1S/C19H30O/c1-5-12-18(3,4)14-17-16-10-8-7-9-15(16)11-13-19(17,20)6-2/h7-10,17,20H,5-6,11-14H2,1-4H3. The van der Waals surface area contributed by atoms with Gasteiger partial charge >= 0.3 is 0 Å². The van der Waals surface area contributed by atoms with Crippen LogP contribution in [0.25, 0.3) is 0 Å². The Morgan fingerprint density at radius 1 is 1.25 bits per heavy atom. The summed E-state index contributed by atoms with van der Waals surface area (Å²) < 4.78 is 0. The van der Waals surface area contributed by atoms with Gasteiger partial charge in [-0.25, -0.2) is 0 Å². The SMILES string of the molecule is CCCC(C)(C)CC1c2ccccc2CCC1(O)CC. The zero-order valence-corrected chi connectivity index (χ0v) is 13.6. The summed E-state index contributed by atoms with van der Waals surface area (Å²) in [5, 5.41) is 11.1. The summed E-state index contributed by atoms with van der Waals surface area (Å²) in [6, 6.07) is 8.73. The fourth-order valence-corrected chi connectivity index (χ4v) is 3.97. The Bertz CT molecular complexity index is 449. The zero-order valence-electron chi connectivity index (χ0n) is 13.6. The maximum atomic E-state index is 11.1. The Balaban J connectivity index is 2.34. The monoisotopic (exact) mass is 274 g/mol. The van der Waals surface area contributed by atoms with Gasteiger partial charge in [-0.15, -0.1) is 0 Å². The molecule has 20 heavy (non-hydrogen) atoms. The van der Waals surface area contributed by atoms with Crippen molar-refractivity contribution in [1.82, 2.24) is 0 Å². The van der Waals surface area contributed by atoms with E-state index in [1.165, 1.54) is 24.0 Å². The minimum Gasteiger partial charge on any atom is -0.389 e. The fraction of sp³-hybridized carbons (Fsp3) is 0.684. The summed E-state index contributed by atoms with van der Waals surface area (Å²) in [6.07, 6.45) is 6.31. The van der Waals surface area contributed by atoms with Crippen LogP contribution in [0.5, 0.6) is 0 Å². The molecule has 1 aromatic carbocycles. The lowest BCUT2D eigenvalue weighted by atomic mass is 9.64. The Hall–Kier alpha value is -0.820. The van der Waals surface area contributed by atoms with Crippen LogP contribution in [-0.4, -0.2) is 10.7 Å². The molecule has 2 unspecified atom stereocenters. The van der Waals surface area contributed by atoms with Crippen molar-refractivity contribution in [3.05, 3.63) is 35.4 Å². The molecule has 0 spiro atoms. The zero-order chi connectivity index (χ0) is 14.8. The van der Waals surface area contributed by atoms with Gasteiger partial charge in [0.1, 0.15) is 0 Å². The van der Waals surface area contributed by atoms with Gasteiger partial charge in [0.15, 0.2) is 0 Å². The van der Waals surface area contributed by atoms with Crippen LogP contribution in [0.2, 0.25) is 0 Å². The van der Waals surface area contributed by atoms with E-state index in [0.717, 1.165) is 25.7 Å². The lowest BCUT2D eigenvalue weighted by Crippen LogP contribution is -2.41. The smallest absolute Gasteiger partial charge is 0.0716 e. The Morgan fingerprint density at radius 3 is 2.60 bits per heavy atom. The highest BCUT2D eigenvalue weighted by Gasteiger charge is 2.42. The van der Waals surface area contributed by atoms with E-state index in [9.17, 15) is 5.11 Å². The molecule has 0 amide bonds. The highest BCUT2D eigenvalue weighted by Crippen LogP contribution is 2.47. The number of aryl methyl sites for hydroxylation is 1. The molecule has 1 aromatic rings. The third kappa shape index (κ3) is 3.09. The molecule has 0 aliphatic heterocycles. The van der Waals surface area contributed by atoms with Crippen molar-refractivity contribution in [1.29, 1.82) is 0 Å². The molecule has 112 valence electrons. The summed E-state index contributed by atoms with van der Waals surface area (Å²) >= 11 is 0. The second-order valence-electron chi connectivity index (χ2n) is 7.33. The first-order chi connectivity index (χ1) is 9.42. The molecule has 0 fully saturated rings. The quantitative estimate of drug-likeness (QED) is 0.794. The van der Waals surface area contributed by atoms with Crippen LogP contribution in [0.3, 0.4) is 0 Å². The molecule has 1 heteroatoms. The number of hydrogen-bond acceptors (Lipinski definition) is 1. The number of hydrogen-bond donors (Lipinski definition) is 1. The van der Waals surface area contributed by atoms with E-state index < -0.39 is 5.60 Å². The van der Waals surface area contributed by atoms with E-state index in [4.69, 9.17) is 0 Å². The van der Waals surface area contributed by atoms with Gasteiger partial charge in [-0.3, -0.25) is 0 Å². The van der Waals surface area contributed by atoms with E-state index >= 15 is 0 Å². The van der Waals surface area contributed by atoms with Gasteiger partial charge < -0.3 is 5.11 Å². The number of aliphatic hydroxyl groups is 1. The van der Waals surface area contributed by atoms with Gasteiger partial charge in [0.25, 0.3) is 0 Å². The van der Waals surface area contributed by atoms with Gasteiger partial charge in [0.05, 0.1) is 5.60 Å². The molecule has 1 aliphatic rings. The van der Waals surface area contributed by atoms with E-state index in [0.29, 0.717) is 11.3 Å². The van der Waals surface area contributed by atoms with Crippen LogP contribution in [0.4, 0.5) is 0 Å². The van der Waals surface area contributed by atoms with Crippen molar-refractivity contribution in [3.8, 4) is 0 Å². The van der Waals surface area contributed by atoms with Crippen molar-refractivity contribution in [2.45, 2.75) is 77.7 Å². The van der Waals surface area contributed by atoms with Crippen LogP contribution < -0.4 is 0 Å². The summed E-state index contributed by atoms with van der Waals surface area (Å²) in [6.45, 7) is 9.09. The number of rotatable bonds is 5. The molecule has 0 radical (unpaired) electrons. The molecule has 0 saturated heterocycles. The summed E-state index contributed by atoms with van der Waals surface area (Å²) in [4.78, 5) is 0. The third-order valence-corrected chi connectivity index (χ3v) is 5.20. The predicted molar refractivity (Wildman–Crippen MR) is 86.1 cm³/mol. The van der Waals surface area contributed by atoms with Gasteiger partial charge in [0.2, 0.25) is 0 Å². The fourth-order valence-electron chi connectivity index (χ4n) is 3.97. The van der Waals surface area contributed by atoms with E-state index in [-0.39, 0.29) is 0 Å². The average Bonchev–Trinajstić information content (AvgIpc) is 2.42. The van der Waals surface area contributed by atoms with Crippen molar-refractivity contribution in [2.75, 3.05) is 0 Å². The topological polar surface area (TPSA) is 20.2 Å². The van der Waals surface area contributed by atoms with E-state index in [1.807, 2.05) is 0 Å². The normalized spacial score (nSPS) is 26.4. The second kappa shape index (κ2) is 5.89. The lowest BCUT2D eigenvalue weighted by molar-refractivity contribution is -0.0202. The number of fused-ring (bicyclic) bond motifs is 1. The minimum atomic E-state index is -0.515. The van der Waals surface area contributed by atoms with Gasteiger partial charge in [-0.2, -0.15) is 0 Å². The Labute approximate surface area is 124 Å². The molecule has 0 saturated carbocycles. The maximum absolute atomic E-state index is 11.1. The van der Waals surface area contributed by atoms with Gasteiger partial charge in [-0.05, 0) is 48.6 Å². The summed E-state index contributed by atoms with van der Waals surface area (Å²) in [5.74, 6) is 0.291. The summed E-state index contributed by atoms with van der Waals surface area (Å²) in [7, 11) is 0. The van der Waals surface area contributed by atoms with Crippen LogP contribution in [-0.2, 0) is 6.42 Å². The first-order valence-corrected chi connectivity index (χ1v) is 8.22. The van der Waals surface area contributed by atoms with Crippen molar-refractivity contribution in [2.24, 2.45) is 5.41 Å². The molecule has 1 nitrogen and oxygen atoms in total. The highest BCUT2D eigenvalue weighted by atomic mass is 16.3. The van der Waals surface area contributed by atoms with E-state index in [1.54, 1.807) is 0 Å². The molecule has 1 N–H and O–H groups in total. The molecule has 0 aromatic heterocycles. The minimum absolute atomic E-state index is 0.291. The maximum Gasteiger partial charge on any atom is 0.0716 e. The van der Waals surface area contributed by atoms with Gasteiger partial charge in [-0.1, -0.05) is 58.4 Å². The Kier molecular flexibility index (Phi) is 4.59. The second-order valence-corrected chi connectivity index (χ2v) is 7.33. The van der Waals surface area contributed by atoms with Crippen molar-refractivity contribution < 1.29 is 5.11 Å². The first-order valence-electron chi connectivity index (χ1n) is 8.22. The average molecular weight is 274 g/mol. The largest absolute Gasteiger partial charge is 0.389 e. The molecule has 2 rings (SSSR count). The van der Waals surface area contributed by atoms with Crippen LogP contribution in [0.1, 0.15) is 76.8 Å².